The van der Waals surface area contributed by atoms with Crippen LogP contribution < -0.4 is 21.5 Å². The van der Waals surface area contributed by atoms with Gasteiger partial charge in [0.25, 0.3) is 5.56 Å². The lowest BCUT2D eigenvalue weighted by Crippen LogP contribution is -2.43. The molecule has 3 amide bonds. The molecule has 13 nitrogen and oxygen atoms in total. The standard InChI is InChI=1S/C47H54FN9O4/c1-55-40-27-31(10-17-37(40)45(54-55)38-18-19-41(58)52-46(38)61)30-20-23-56(24-21-30)35-15-8-29(9-16-35)25-42(59)50-33-11-13-34(14-12-33)51-47-49-28-39(48)44(53-47)32-5-4-6-36(26-32)57-22-3-2-7-43(57)60/h2-7,10,17,22,26-30,33-35,38H,8-9,11-16,18-21,23-25H2,1H3,(H,50,59)(H,49,51,53)(H,52,58,61). The van der Waals surface area contributed by atoms with Crippen molar-refractivity contribution in [3.05, 3.63) is 100 Å². The molecule has 61 heavy (non-hydrogen) atoms. The molecule has 1 unspecified atom stereocenters. The summed E-state index contributed by atoms with van der Waals surface area (Å²) in [4.78, 5) is 61.3. The lowest BCUT2D eigenvalue weighted by atomic mass is 9.81. The number of hydrogen-bond acceptors (Lipinski definition) is 9. The van der Waals surface area contributed by atoms with Crippen LogP contribution in [0.5, 0.6) is 0 Å². The summed E-state index contributed by atoms with van der Waals surface area (Å²) in [6, 6.07) is 19.4. The minimum absolute atomic E-state index is 0.117. The van der Waals surface area contributed by atoms with Gasteiger partial charge in [-0.2, -0.15) is 5.10 Å². The highest BCUT2D eigenvalue weighted by Gasteiger charge is 2.34. The van der Waals surface area contributed by atoms with Gasteiger partial charge in [0.15, 0.2) is 5.82 Å². The summed E-state index contributed by atoms with van der Waals surface area (Å²) in [7, 11) is 1.93. The summed E-state index contributed by atoms with van der Waals surface area (Å²) in [5.74, 6) is 0.00845. The highest BCUT2D eigenvalue weighted by molar-refractivity contribution is 6.02. The van der Waals surface area contributed by atoms with E-state index in [4.69, 9.17) is 5.10 Å². The topological polar surface area (TPSA) is 156 Å². The summed E-state index contributed by atoms with van der Waals surface area (Å²) in [5.41, 5.74) is 4.28. The number of nitrogens with zero attached hydrogens (tertiary/aromatic N) is 6. The number of halogens is 1. The van der Waals surface area contributed by atoms with Gasteiger partial charge in [-0.25, -0.2) is 14.4 Å². The Bertz CT molecular complexity index is 2480. The molecule has 0 bridgehead atoms. The maximum atomic E-state index is 15.0. The number of benzene rings is 2. The van der Waals surface area contributed by atoms with Crippen LogP contribution in [0, 0.1) is 11.7 Å². The van der Waals surface area contributed by atoms with Crippen molar-refractivity contribution in [1.29, 1.82) is 0 Å². The highest BCUT2D eigenvalue weighted by Crippen LogP contribution is 2.37. The van der Waals surface area contributed by atoms with Crippen LogP contribution in [0.3, 0.4) is 0 Å². The molecule has 2 aromatic carbocycles. The minimum Gasteiger partial charge on any atom is -0.353 e. The van der Waals surface area contributed by atoms with Crippen molar-refractivity contribution < 1.29 is 18.8 Å². The molecule has 3 aromatic heterocycles. The third-order valence-electron chi connectivity index (χ3n) is 13.7. The van der Waals surface area contributed by atoms with Gasteiger partial charge in [-0.3, -0.25) is 33.7 Å². The number of imide groups is 1. The number of fused-ring (bicyclic) bond motifs is 1. The maximum absolute atomic E-state index is 15.0. The number of piperidine rings is 2. The maximum Gasteiger partial charge on any atom is 0.255 e. The van der Waals surface area contributed by atoms with Crippen molar-refractivity contribution in [3.63, 3.8) is 0 Å². The molecule has 4 aliphatic rings. The number of anilines is 1. The second-order valence-electron chi connectivity index (χ2n) is 17.6. The van der Waals surface area contributed by atoms with Gasteiger partial charge in [0.05, 0.1) is 23.3 Å². The molecule has 14 heteroatoms. The number of likely N-dealkylation sites (tertiary alicyclic amines) is 1. The van der Waals surface area contributed by atoms with Gasteiger partial charge in [-0.15, -0.1) is 0 Å². The number of aryl methyl sites for hydroxylation is 1. The van der Waals surface area contributed by atoms with Crippen molar-refractivity contribution in [2.24, 2.45) is 13.0 Å². The molecule has 4 fully saturated rings. The normalized spacial score (nSPS) is 24.1. The summed E-state index contributed by atoms with van der Waals surface area (Å²) < 4.78 is 18.4. The second kappa shape index (κ2) is 17.7. The van der Waals surface area contributed by atoms with Gasteiger partial charge >= 0.3 is 0 Å². The molecule has 1 atom stereocenters. The first-order valence-corrected chi connectivity index (χ1v) is 22.1. The predicted molar refractivity (Wildman–Crippen MR) is 231 cm³/mol. The minimum atomic E-state index is -0.537. The fraction of sp³-hybridized carbons (Fsp3) is 0.468. The first kappa shape index (κ1) is 40.6. The Balaban J connectivity index is 0.702. The number of pyridine rings is 1. The third-order valence-corrected chi connectivity index (χ3v) is 13.7. The van der Waals surface area contributed by atoms with E-state index in [-0.39, 0.29) is 41.1 Å². The average molecular weight is 828 g/mol. The summed E-state index contributed by atoms with van der Waals surface area (Å²) in [6.45, 7) is 2.15. The van der Waals surface area contributed by atoms with E-state index < -0.39 is 11.7 Å². The molecule has 2 aliphatic carbocycles. The van der Waals surface area contributed by atoms with E-state index in [1.54, 1.807) is 42.6 Å². The van der Waals surface area contributed by atoms with E-state index in [0.29, 0.717) is 54.3 Å². The smallest absolute Gasteiger partial charge is 0.255 e. The first-order valence-electron chi connectivity index (χ1n) is 22.1. The quantitative estimate of drug-likeness (QED) is 0.134. The molecule has 2 saturated carbocycles. The number of nitrogens with one attached hydrogen (secondary N) is 3. The number of carbonyl (C=O) groups is 3. The highest BCUT2D eigenvalue weighted by atomic mass is 19.1. The molecule has 9 rings (SSSR count). The first-order chi connectivity index (χ1) is 29.6. The van der Waals surface area contributed by atoms with Crippen LogP contribution in [0.15, 0.2) is 77.9 Å². The zero-order valence-corrected chi connectivity index (χ0v) is 34.7. The van der Waals surface area contributed by atoms with Crippen LogP contribution in [0.25, 0.3) is 27.8 Å². The number of aromatic nitrogens is 5. The fourth-order valence-electron chi connectivity index (χ4n) is 10.3. The zero-order valence-electron chi connectivity index (χ0n) is 34.7. The van der Waals surface area contributed by atoms with Crippen molar-refractivity contribution in [2.75, 3.05) is 18.4 Å². The van der Waals surface area contributed by atoms with Crippen molar-refractivity contribution in [3.8, 4) is 16.9 Å². The molecule has 318 valence electrons. The lowest BCUT2D eigenvalue weighted by Gasteiger charge is -2.41. The molecule has 0 radical (unpaired) electrons. The number of hydrogen-bond donors (Lipinski definition) is 3. The van der Waals surface area contributed by atoms with Gasteiger partial charge in [0, 0.05) is 66.9 Å². The van der Waals surface area contributed by atoms with E-state index in [1.807, 2.05) is 11.7 Å². The Morgan fingerprint density at radius 2 is 1.66 bits per heavy atom. The average Bonchev–Trinajstić information content (AvgIpc) is 3.60. The Hall–Kier alpha value is -5.76. The lowest BCUT2D eigenvalue weighted by molar-refractivity contribution is -0.134. The van der Waals surface area contributed by atoms with E-state index in [1.165, 1.54) is 22.4 Å². The number of carbonyl (C=O) groups excluding carboxylic acids is 3. The summed E-state index contributed by atoms with van der Waals surface area (Å²) in [5, 5.41) is 14.9. The van der Waals surface area contributed by atoms with Crippen LogP contribution in [0.2, 0.25) is 0 Å². The Morgan fingerprint density at radius 1 is 0.869 bits per heavy atom. The molecular weight excluding hydrogens is 774 g/mol. The molecule has 3 N–H and O–H groups in total. The number of amides is 3. The second-order valence-corrected chi connectivity index (χ2v) is 17.6. The van der Waals surface area contributed by atoms with Crippen molar-refractivity contribution in [1.82, 2.24) is 39.8 Å². The monoisotopic (exact) mass is 827 g/mol. The van der Waals surface area contributed by atoms with Crippen LogP contribution in [-0.4, -0.2) is 78.2 Å². The van der Waals surface area contributed by atoms with Gasteiger partial charge in [0.2, 0.25) is 23.7 Å². The fourth-order valence-corrected chi connectivity index (χ4v) is 10.3. The Morgan fingerprint density at radius 3 is 2.43 bits per heavy atom. The van der Waals surface area contributed by atoms with Crippen LogP contribution >= 0.6 is 0 Å². The largest absolute Gasteiger partial charge is 0.353 e. The number of rotatable bonds is 10. The van der Waals surface area contributed by atoms with Gasteiger partial charge in [-0.1, -0.05) is 30.3 Å². The van der Waals surface area contributed by atoms with Crippen LogP contribution in [0.4, 0.5) is 10.3 Å². The van der Waals surface area contributed by atoms with E-state index in [0.717, 1.165) is 93.9 Å². The molecule has 2 aliphatic heterocycles. The van der Waals surface area contributed by atoms with Gasteiger partial charge < -0.3 is 15.5 Å². The van der Waals surface area contributed by atoms with Crippen LogP contribution in [0.1, 0.15) is 107 Å². The van der Waals surface area contributed by atoms with E-state index in [9.17, 15) is 23.6 Å². The van der Waals surface area contributed by atoms with E-state index >= 15 is 0 Å². The Labute approximate surface area is 354 Å². The summed E-state index contributed by atoms with van der Waals surface area (Å²) in [6.07, 6.45) is 14.3. The molecule has 0 spiro atoms. The zero-order chi connectivity index (χ0) is 42.0. The third kappa shape index (κ3) is 9.00. The Kier molecular flexibility index (Phi) is 11.8. The predicted octanol–water partition coefficient (Wildman–Crippen LogP) is 6.51. The van der Waals surface area contributed by atoms with Crippen molar-refractivity contribution in [2.45, 2.75) is 113 Å². The van der Waals surface area contributed by atoms with Gasteiger partial charge in [-0.05, 0) is 125 Å². The molecule has 2 saturated heterocycles. The van der Waals surface area contributed by atoms with E-state index in [2.05, 4.69) is 49.0 Å². The van der Waals surface area contributed by atoms with Gasteiger partial charge in [0.1, 0.15) is 5.69 Å². The van der Waals surface area contributed by atoms with Crippen LogP contribution in [-0.2, 0) is 21.4 Å². The SMILES string of the molecule is Cn1nc(C2CCC(=O)NC2=O)c2ccc(C3CCN(C4CCC(CC(=O)NC5CCC(Nc6ncc(F)c(-c7cccc(-n8ccccc8=O)c7)n6)CC5)CC4)CC3)cc21. The molecule has 5 aromatic rings. The van der Waals surface area contributed by atoms with Crippen molar-refractivity contribution >= 4 is 34.6 Å². The molecule has 5 heterocycles. The summed E-state index contributed by atoms with van der Waals surface area (Å²) >= 11 is 0. The molecular formula is C47H54FN9O4.